The predicted molar refractivity (Wildman–Crippen MR) is 137 cm³/mol. The zero-order chi connectivity index (χ0) is 28.1. The minimum absolute atomic E-state index is 0.0421. The number of allylic oxidation sites excluding steroid dienone is 1. The molecule has 0 unspecified atom stereocenters. The van der Waals surface area contributed by atoms with E-state index in [-0.39, 0.29) is 17.5 Å². The number of hydrogen-bond acceptors (Lipinski definition) is 1. The fourth-order valence-corrected chi connectivity index (χ4v) is 4.12. The largest absolute Gasteiger partial charge is 0.429 e. The maximum atomic E-state index is 14.8. The maximum Gasteiger partial charge on any atom is 0.387 e. The van der Waals surface area contributed by atoms with Crippen LogP contribution in [-0.4, -0.2) is 6.61 Å². The molecule has 4 aromatic rings. The van der Waals surface area contributed by atoms with Crippen LogP contribution < -0.4 is 4.74 Å². The molecular formula is C31H23F7O. The highest BCUT2D eigenvalue weighted by molar-refractivity contribution is 5.69. The molecule has 4 rings (SSSR count). The molecule has 0 aromatic heterocycles. The molecule has 0 aliphatic heterocycles. The number of alkyl halides is 2. The van der Waals surface area contributed by atoms with E-state index < -0.39 is 41.5 Å². The van der Waals surface area contributed by atoms with Crippen LogP contribution in [0.25, 0.3) is 28.1 Å². The first kappa shape index (κ1) is 28.0. The van der Waals surface area contributed by atoms with E-state index in [1.807, 2.05) is 0 Å². The van der Waals surface area contributed by atoms with Crippen molar-refractivity contribution in [3.05, 3.63) is 119 Å². The lowest BCUT2D eigenvalue weighted by Crippen LogP contribution is -2.06. The molecule has 0 aliphatic carbocycles. The van der Waals surface area contributed by atoms with Gasteiger partial charge in [-0.2, -0.15) is 8.78 Å². The number of ether oxygens (including phenoxy) is 1. The lowest BCUT2D eigenvalue weighted by Gasteiger charge is -2.10. The summed E-state index contributed by atoms with van der Waals surface area (Å²) < 4.78 is 99.0. The Morgan fingerprint density at radius 1 is 0.667 bits per heavy atom. The summed E-state index contributed by atoms with van der Waals surface area (Å²) in [6.45, 7) is -1.83. The van der Waals surface area contributed by atoms with Gasteiger partial charge in [0.05, 0.1) is 0 Å². The molecule has 39 heavy (non-hydrogen) atoms. The normalized spacial score (nSPS) is 12.0. The Morgan fingerprint density at radius 3 is 1.77 bits per heavy atom. The van der Waals surface area contributed by atoms with Gasteiger partial charge in [-0.15, -0.1) is 0 Å². The average molecular weight is 545 g/mol. The van der Waals surface area contributed by atoms with Crippen LogP contribution in [0.1, 0.15) is 30.0 Å². The Morgan fingerprint density at radius 2 is 1.21 bits per heavy atom. The molecule has 4 aromatic carbocycles. The second kappa shape index (κ2) is 12.2. The molecule has 0 bridgehead atoms. The Labute approximate surface area is 221 Å². The first-order chi connectivity index (χ1) is 18.7. The molecule has 0 radical (unpaired) electrons. The topological polar surface area (TPSA) is 9.23 Å². The van der Waals surface area contributed by atoms with Gasteiger partial charge in [-0.05, 0) is 70.8 Å². The van der Waals surface area contributed by atoms with Gasteiger partial charge in [-0.1, -0.05) is 67.6 Å². The second-order valence-corrected chi connectivity index (χ2v) is 8.80. The van der Waals surface area contributed by atoms with Crippen molar-refractivity contribution >= 4 is 5.83 Å². The van der Waals surface area contributed by atoms with Crippen LogP contribution in [-0.2, 0) is 12.8 Å². The SMILES string of the molecule is CC/C(F)=C(\F)c1ccc(-c2ccc(CCc3ccc(-c4cc(F)c(OC(F)F)c(F)c4)cc3)c(F)c2)cc1. The van der Waals surface area contributed by atoms with Crippen molar-refractivity contribution in [2.45, 2.75) is 32.8 Å². The summed E-state index contributed by atoms with van der Waals surface area (Å²) in [7, 11) is 0. The monoisotopic (exact) mass is 544 g/mol. The lowest BCUT2D eigenvalue weighted by atomic mass is 9.97. The molecule has 8 heteroatoms. The molecule has 0 atom stereocenters. The Hall–Kier alpha value is -4.07. The summed E-state index contributed by atoms with van der Waals surface area (Å²) in [5.41, 5.74) is 3.33. The third-order valence-electron chi connectivity index (χ3n) is 6.25. The summed E-state index contributed by atoms with van der Waals surface area (Å²) in [5, 5.41) is 0. The number of aryl methyl sites for hydroxylation is 2. The molecule has 0 saturated heterocycles. The van der Waals surface area contributed by atoms with Gasteiger partial charge in [0, 0.05) is 5.56 Å². The Kier molecular flexibility index (Phi) is 8.74. The van der Waals surface area contributed by atoms with E-state index in [0.717, 1.165) is 17.7 Å². The zero-order valence-corrected chi connectivity index (χ0v) is 20.8. The smallest absolute Gasteiger partial charge is 0.387 e. The van der Waals surface area contributed by atoms with Gasteiger partial charge < -0.3 is 4.74 Å². The average Bonchev–Trinajstić information content (AvgIpc) is 2.93. The van der Waals surface area contributed by atoms with E-state index in [9.17, 15) is 30.7 Å². The van der Waals surface area contributed by atoms with Gasteiger partial charge in [0.15, 0.2) is 23.2 Å². The van der Waals surface area contributed by atoms with E-state index in [4.69, 9.17) is 0 Å². The molecule has 0 aliphatic rings. The van der Waals surface area contributed by atoms with E-state index in [2.05, 4.69) is 4.74 Å². The van der Waals surface area contributed by atoms with Crippen molar-refractivity contribution < 1.29 is 35.5 Å². The Bertz CT molecular complexity index is 1450. The van der Waals surface area contributed by atoms with Crippen molar-refractivity contribution in [3.8, 4) is 28.0 Å². The van der Waals surface area contributed by atoms with Crippen molar-refractivity contribution in [2.24, 2.45) is 0 Å². The van der Waals surface area contributed by atoms with Gasteiger partial charge in [0.1, 0.15) is 11.6 Å². The van der Waals surface area contributed by atoms with Crippen LogP contribution in [0.2, 0.25) is 0 Å². The minimum atomic E-state index is -3.35. The van der Waals surface area contributed by atoms with E-state index in [0.29, 0.717) is 35.1 Å². The van der Waals surface area contributed by atoms with Crippen molar-refractivity contribution in [1.29, 1.82) is 0 Å². The van der Waals surface area contributed by atoms with Gasteiger partial charge in [-0.3, -0.25) is 0 Å². The van der Waals surface area contributed by atoms with Gasteiger partial charge in [0.25, 0.3) is 0 Å². The van der Waals surface area contributed by atoms with Crippen LogP contribution in [0.15, 0.2) is 84.7 Å². The summed E-state index contributed by atoms with van der Waals surface area (Å²) >= 11 is 0. The fourth-order valence-electron chi connectivity index (χ4n) is 4.12. The maximum absolute atomic E-state index is 14.8. The van der Waals surface area contributed by atoms with Crippen LogP contribution >= 0.6 is 0 Å². The second-order valence-electron chi connectivity index (χ2n) is 8.80. The quantitative estimate of drug-likeness (QED) is 0.191. The molecule has 0 saturated carbocycles. The van der Waals surface area contributed by atoms with Crippen molar-refractivity contribution in [2.75, 3.05) is 0 Å². The molecule has 0 heterocycles. The summed E-state index contributed by atoms with van der Waals surface area (Å²) in [5.74, 6) is -5.75. The third kappa shape index (κ3) is 6.69. The van der Waals surface area contributed by atoms with Crippen LogP contribution in [0.4, 0.5) is 30.7 Å². The van der Waals surface area contributed by atoms with Crippen LogP contribution in [0.5, 0.6) is 5.75 Å². The highest BCUT2D eigenvalue weighted by atomic mass is 19.3. The molecule has 1 nitrogen and oxygen atoms in total. The number of rotatable bonds is 9. The van der Waals surface area contributed by atoms with E-state index in [1.54, 1.807) is 48.5 Å². The standard InChI is InChI=1S/C31H23F7O/c1-2-25(32)29(36)22-12-9-19(10-13-22)23-14-11-21(26(33)15-23)8-5-18-3-6-20(7-4-18)24-16-27(34)30(28(35)17-24)39-31(37)38/h3-4,6-7,9-17,31H,2,5,8H2,1H3/b29-25+. The number of benzene rings is 4. The highest BCUT2D eigenvalue weighted by Crippen LogP contribution is 2.31. The molecule has 0 spiro atoms. The zero-order valence-electron chi connectivity index (χ0n) is 20.8. The Balaban J connectivity index is 1.42. The number of halogens is 7. The third-order valence-corrected chi connectivity index (χ3v) is 6.25. The fraction of sp³-hybridized carbons (Fsp3) is 0.161. The van der Waals surface area contributed by atoms with Crippen molar-refractivity contribution in [1.82, 2.24) is 0 Å². The van der Waals surface area contributed by atoms with Crippen molar-refractivity contribution in [3.63, 3.8) is 0 Å². The lowest BCUT2D eigenvalue weighted by molar-refractivity contribution is -0.0546. The number of hydrogen-bond donors (Lipinski definition) is 0. The van der Waals surface area contributed by atoms with E-state index in [1.165, 1.54) is 25.1 Å². The van der Waals surface area contributed by atoms with Crippen LogP contribution in [0, 0.1) is 17.5 Å². The summed E-state index contributed by atoms with van der Waals surface area (Å²) in [4.78, 5) is 0. The minimum Gasteiger partial charge on any atom is -0.429 e. The predicted octanol–water partition coefficient (Wildman–Crippen LogP) is 9.84. The van der Waals surface area contributed by atoms with Gasteiger partial charge >= 0.3 is 6.61 Å². The van der Waals surface area contributed by atoms with Gasteiger partial charge in [-0.25, -0.2) is 22.0 Å². The molecule has 202 valence electrons. The highest BCUT2D eigenvalue weighted by Gasteiger charge is 2.17. The molecule has 0 amide bonds. The van der Waals surface area contributed by atoms with Gasteiger partial charge in [0.2, 0.25) is 0 Å². The first-order valence-electron chi connectivity index (χ1n) is 12.1. The van der Waals surface area contributed by atoms with Crippen LogP contribution in [0.3, 0.4) is 0 Å². The first-order valence-corrected chi connectivity index (χ1v) is 12.1. The summed E-state index contributed by atoms with van der Waals surface area (Å²) in [6.07, 6.45) is 0.836. The van der Waals surface area contributed by atoms with E-state index >= 15 is 0 Å². The molecule has 0 N–H and O–H groups in total. The molecule has 0 fully saturated rings. The molecular weight excluding hydrogens is 521 g/mol. The summed E-state index contributed by atoms with van der Waals surface area (Å²) in [6, 6.07) is 19.5.